The second kappa shape index (κ2) is 6.95. The Morgan fingerprint density at radius 2 is 2.20 bits per heavy atom. The highest BCUT2D eigenvalue weighted by molar-refractivity contribution is 9.10. The molecule has 2 aromatic rings. The van der Waals surface area contributed by atoms with E-state index in [4.69, 9.17) is 4.52 Å². The van der Waals surface area contributed by atoms with Crippen molar-refractivity contribution in [2.45, 2.75) is 32.7 Å². The van der Waals surface area contributed by atoms with Gasteiger partial charge < -0.3 is 9.84 Å². The van der Waals surface area contributed by atoms with Crippen LogP contribution in [0.2, 0.25) is 0 Å². The third-order valence-electron chi connectivity index (χ3n) is 2.76. The summed E-state index contributed by atoms with van der Waals surface area (Å²) in [5, 5.41) is 7.26. The molecule has 1 N–H and O–H groups in total. The Morgan fingerprint density at radius 3 is 2.90 bits per heavy atom. The number of aryl methyl sites for hydroxylation is 1. The van der Waals surface area contributed by atoms with Gasteiger partial charge in [-0.15, -0.1) is 0 Å². The first-order valence-corrected chi connectivity index (χ1v) is 7.37. The topological polar surface area (TPSA) is 51.0 Å². The molecule has 6 heteroatoms. The first-order chi connectivity index (χ1) is 9.56. The summed E-state index contributed by atoms with van der Waals surface area (Å²) >= 11 is 3.30. The molecule has 0 saturated heterocycles. The van der Waals surface area contributed by atoms with Crippen molar-refractivity contribution in [3.05, 3.63) is 34.4 Å². The quantitative estimate of drug-likeness (QED) is 0.816. The summed E-state index contributed by atoms with van der Waals surface area (Å²) in [6.07, 6.45) is 1.66. The predicted molar refractivity (Wildman–Crippen MR) is 78.9 cm³/mol. The maximum absolute atomic E-state index is 13.0. The molecule has 1 aromatic heterocycles. The van der Waals surface area contributed by atoms with Gasteiger partial charge in [0.1, 0.15) is 5.82 Å². The first kappa shape index (κ1) is 15.1. The van der Waals surface area contributed by atoms with E-state index in [1.54, 1.807) is 6.07 Å². The SMILES string of the molecule is CC(C)NCCCc1nc(-c2ccc(F)cc2Br)no1. The number of hydrogen-bond acceptors (Lipinski definition) is 4. The maximum atomic E-state index is 13.0. The minimum atomic E-state index is -0.302. The third kappa shape index (κ3) is 4.11. The Labute approximate surface area is 125 Å². The van der Waals surface area contributed by atoms with E-state index >= 15 is 0 Å². The van der Waals surface area contributed by atoms with Crippen LogP contribution in [0.25, 0.3) is 11.4 Å². The van der Waals surface area contributed by atoms with Crippen molar-refractivity contribution in [2.75, 3.05) is 6.54 Å². The first-order valence-electron chi connectivity index (χ1n) is 6.57. The number of nitrogens with one attached hydrogen (secondary N) is 1. The smallest absolute Gasteiger partial charge is 0.227 e. The van der Waals surface area contributed by atoms with Gasteiger partial charge in [0.05, 0.1) is 0 Å². The van der Waals surface area contributed by atoms with Crippen molar-refractivity contribution in [3.8, 4) is 11.4 Å². The number of hydrogen-bond donors (Lipinski definition) is 1. The van der Waals surface area contributed by atoms with Gasteiger partial charge >= 0.3 is 0 Å². The van der Waals surface area contributed by atoms with E-state index in [-0.39, 0.29) is 5.82 Å². The molecule has 0 spiro atoms. The van der Waals surface area contributed by atoms with Gasteiger partial charge in [0.25, 0.3) is 0 Å². The number of benzene rings is 1. The summed E-state index contributed by atoms with van der Waals surface area (Å²) < 4.78 is 18.9. The van der Waals surface area contributed by atoms with E-state index in [2.05, 4.69) is 45.2 Å². The largest absolute Gasteiger partial charge is 0.339 e. The Hall–Kier alpha value is -1.27. The van der Waals surface area contributed by atoms with Crippen LogP contribution in [0.15, 0.2) is 27.2 Å². The highest BCUT2D eigenvalue weighted by Gasteiger charge is 2.12. The molecule has 108 valence electrons. The van der Waals surface area contributed by atoms with Crippen LogP contribution in [0.3, 0.4) is 0 Å². The van der Waals surface area contributed by atoms with Crippen LogP contribution in [-0.4, -0.2) is 22.7 Å². The van der Waals surface area contributed by atoms with Crippen molar-refractivity contribution in [2.24, 2.45) is 0 Å². The van der Waals surface area contributed by atoms with Gasteiger partial charge in [-0.2, -0.15) is 4.98 Å². The Balaban J connectivity index is 1.98. The van der Waals surface area contributed by atoms with Gasteiger partial charge in [0.2, 0.25) is 11.7 Å². The van der Waals surface area contributed by atoms with Crippen LogP contribution < -0.4 is 5.32 Å². The molecule has 0 amide bonds. The molecule has 0 radical (unpaired) electrons. The molecule has 0 aliphatic heterocycles. The minimum Gasteiger partial charge on any atom is -0.339 e. The van der Waals surface area contributed by atoms with Crippen LogP contribution in [0.4, 0.5) is 4.39 Å². The summed E-state index contributed by atoms with van der Waals surface area (Å²) in [5.74, 6) is 0.773. The molecular formula is C14H17BrFN3O. The fourth-order valence-electron chi connectivity index (χ4n) is 1.77. The second-order valence-corrected chi connectivity index (χ2v) is 5.70. The minimum absolute atomic E-state index is 0.302. The normalized spacial score (nSPS) is 11.2. The molecule has 1 aromatic carbocycles. The van der Waals surface area contributed by atoms with E-state index in [0.717, 1.165) is 24.9 Å². The number of nitrogens with zero attached hydrogens (tertiary/aromatic N) is 2. The van der Waals surface area contributed by atoms with E-state index < -0.39 is 0 Å². The molecule has 0 bridgehead atoms. The third-order valence-corrected chi connectivity index (χ3v) is 3.42. The van der Waals surface area contributed by atoms with E-state index in [9.17, 15) is 4.39 Å². The van der Waals surface area contributed by atoms with Gasteiger partial charge in [-0.25, -0.2) is 4.39 Å². The molecule has 0 aliphatic carbocycles. The van der Waals surface area contributed by atoms with E-state index in [0.29, 0.717) is 22.2 Å². The molecule has 20 heavy (non-hydrogen) atoms. The van der Waals surface area contributed by atoms with Gasteiger partial charge in [-0.1, -0.05) is 19.0 Å². The summed E-state index contributed by atoms with van der Waals surface area (Å²) in [6, 6.07) is 4.87. The zero-order valence-electron chi connectivity index (χ0n) is 11.5. The fraction of sp³-hybridized carbons (Fsp3) is 0.429. The standard InChI is InChI=1S/C14H17BrFN3O/c1-9(2)17-7-3-4-13-18-14(19-20-13)11-6-5-10(16)8-12(11)15/h5-6,8-9,17H,3-4,7H2,1-2H3. The van der Waals surface area contributed by atoms with Crippen molar-refractivity contribution in [1.82, 2.24) is 15.5 Å². The Morgan fingerprint density at radius 1 is 1.40 bits per heavy atom. The van der Waals surface area contributed by atoms with Crippen molar-refractivity contribution in [1.29, 1.82) is 0 Å². The van der Waals surface area contributed by atoms with Gasteiger partial charge in [0.15, 0.2) is 0 Å². The Bertz CT molecular complexity index is 571. The van der Waals surface area contributed by atoms with Crippen LogP contribution in [-0.2, 0) is 6.42 Å². The van der Waals surface area contributed by atoms with Gasteiger partial charge in [-0.05, 0) is 47.1 Å². The number of halogens is 2. The van der Waals surface area contributed by atoms with E-state index in [1.807, 2.05) is 0 Å². The lowest BCUT2D eigenvalue weighted by atomic mass is 10.2. The van der Waals surface area contributed by atoms with Gasteiger partial charge in [0, 0.05) is 22.5 Å². The lowest BCUT2D eigenvalue weighted by Crippen LogP contribution is -2.23. The predicted octanol–water partition coefficient (Wildman–Crippen LogP) is 3.57. The van der Waals surface area contributed by atoms with Crippen LogP contribution >= 0.6 is 15.9 Å². The molecule has 0 aliphatic rings. The lowest BCUT2D eigenvalue weighted by molar-refractivity contribution is 0.374. The number of rotatable bonds is 6. The molecule has 4 nitrogen and oxygen atoms in total. The molecule has 2 rings (SSSR count). The highest BCUT2D eigenvalue weighted by Crippen LogP contribution is 2.26. The summed E-state index contributed by atoms with van der Waals surface area (Å²) in [6.45, 7) is 5.13. The number of aromatic nitrogens is 2. The summed E-state index contributed by atoms with van der Waals surface area (Å²) in [5.41, 5.74) is 0.724. The average molecular weight is 342 g/mol. The van der Waals surface area contributed by atoms with Crippen LogP contribution in [0, 0.1) is 5.82 Å². The molecule has 0 fully saturated rings. The van der Waals surface area contributed by atoms with Crippen LogP contribution in [0.1, 0.15) is 26.2 Å². The van der Waals surface area contributed by atoms with E-state index in [1.165, 1.54) is 12.1 Å². The fourth-order valence-corrected chi connectivity index (χ4v) is 2.30. The maximum Gasteiger partial charge on any atom is 0.227 e. The summed E-state index contributed by atoms with van der Waals surface area (Å²) in [7, 11) is 0. The zero-order chi connectivity index (χ0) is 14.5. The second-order valence-electron chi connectivity index (χ2n) is 4.85. The average Bonchev–Trinajstić information content (AvgIpc) is 2.83. The molecule has 0 unspecified atom stereocenters. The molecule has 0 saturated carbocycles. The van der Waals surface area contributed by atoms with Crippen molar-refractivity contribution >= 4 is 15.9 Å². The molecule has 0 atom stereocenters. The monoisotopic (exact) mass is 341 g/mol. The van der Waals surface area contributed by atoms with Crippen molar-refractivity contribution < 1.29 is 8.91 Å². The summed E-state index contributed by atoms with van der Waals surface area (Å²) in [4.78, 5) is 4.33. The van der Waals surface area contributed by atoms with Crippen molar-refractivity contribution in [3.63, 3.8) is 0 Å². The molecule has 1 heterocycles. The van der Waals surface area contributed by atoms with Crippen LogP contribution in [0.5, 0.6) is 0 Å². The Kier molecular flexibility index (Phi) is 5.25. The molecular weight excluding hydrogens is 325 g/mol. The zero-order valence-corrected chi connectivity index (χ0v) is 13.1. The highest BCUT2D eigenvalue weighted by atomic mass is 79.9. The van der Waals surface area contributed by atoms with Gasteiger partial charge in [-0.3, -0.25) is 0 Å². The lowest BCUT2D eigenvalue weighted by Gasteiger charge is -2.05.